The van der Waals surface area contributed by atoms with E-state index in [9.17, 15) is 4.79 Å². The average molecular weight is 273 g/mol. The van der Waals surface area contributed by atoms with Gasteiger partial charge in [-0.2, -0.15) is 5.10 Å². The van der Waals surface area contributed by atoms with Crippen molar-refractivity contribution in [2.75, 3.05) is 5.32 Å². The number of amides is 1. The van der Waals surface area contributed by atoms with Crippen LogP contribution in [0.5, 0.6) is 0 Å². The number of aromatic amines is 1. The molecule has 4 fully saturated rings. The van der Waals surface area contributed by atoms with Crippen LogP contribution in [0.1, 0.15) is 44.7 Å². The molecule has 0 unspecified atom stereocenters. The summed E-state index contributed by atoms with van der Waals surface area (Å²) in [6.07, 6.45) is 7.48. The largest absolute Gasteiger partial charge is 0.309 e. The van der Waals surface area contributed by atoms with Crippen LogP contribution < -0.4 is 5.32 Å². The maximum atomic E-state index is 12.6. The van der Waals surface area contributed by atoms with E-state index in [1.165, 1.54) is 32.1 Å². The third kappa shape index (κ3) is 1.97. The molecule has 1 aromatic rings. The van der Waals surface area contributed by atoms with Crippen LogP contribution >= 0.6 is 0 Å². The first-order valence-corrected chi connectivity index (χ1v) is 8.08. The molecule has 4 aliphatic rings. The van der Waals surface area contributed by atoms with Gasteiger partial charge in [0.25, 0.3) is 0 Å². The molecule has 4 bridgehead atoms. The topological polar surface area (TPSA) is 57.8 Å². The first-order valence-electron chi connectivity index (χ1n) is 8.08. The van der Waals surface area contributed by atoms with Gasteiger partial charge in [-0.05, 0) is 62.2 Å². The lowest BCUT2D eigenvalue weighted by molar-refractivity contribution is -0.132. The van der Waals surface area contributed by atoms with Crippen LogP contribution in [0, 0.1) is 29.6 Å². The van der Waals surface area contributed by atoms with Gasteiger partial charge in [0.05, 0.1) is 0 Å². The van der Waals surface area contributed by atoms with Crippen LogP contribution in [-0.2, 0) is 11.2 Å². The zero-order chi connectivity index (χ0) is 13.7. The lowest BCUT2D eigenvalue weighted by Crippen LogP contribution is -2.49. The number of rotatable bonds is 3. The van der Waals surface area contributed by atoms with Crippen LogP contribution in [0.25, 0.3) is 0 Å². The second-order valence-corrected chi connectivity index (χ2v) is 7.08. The molecule has 4 aliphatic carbocycles. The summed E-state index contributed by atoms with van der Waals surface area (Å²) in [7, 11) is 0. The molecule has 5 rings (SSSR count). The number of anilines is 1. The first-order chi connectivity index (χ1) is 9.72. The molecule has 0 radical (unpaired) electrons. The Morgan fingerprint density at radius 1 is 1.25 bits per heavy atom. The second-order valence-electron chi connectivity index (χ2n) is 7.08. The van der Waals surface area contributed by atoms with E-state index in [0.29, 0.717) is 17.7 Å². The maximum absolute atomic E-state index is 12.6. The fourth-order valence-corrected chi connectivity index (χ4v) is 5.17. The highest BCUT2D eigenvalue weighted by Crippen LogP contribution is 2.56. The lowest BCUT2D eigenvalue weighted by atomic mass is 9.51. The number of carbonyl (C=O) groups excluding carboxylic acids is 1. The highest BCUT2D eigenvalue weighted by atomic mass is 16.2. The van der Waals surface area contributed by atoms with Crippen LogP contribution in [0.4, 0.5) is 5.82 Å². The molecule has 1 aromatic heterocycles. The Balaban J connectivity index is 1.48. The van der Waals surface area contributed by atoms with Gasteiger partial charge < -0.3 is 5.32 Å². The molecule has 2 N–H and O–H groups in total. The Labute approximate surface area is 119 Å². The minimum atomic E-state index is 0.216. The first kappa shape index (κ1) is 12.4. The molecule has 20 heavy (non-hydrogen) atoms. The Morgan fingerprint density at radius 3 is 2.45 bits per heavy atom. The minimum Gasteiger partial charge on any atom is -0.309 e. The Kier molecular flexibility index (Phi) is 2.86. The van der Waals surface area contributed by atoms with Crippen molar-refractivity contribution in [2.45, 2.75) is 45.4 Å². The molecular formula is C16H23N3O. The zero-order valence-corrected chi connectivity index (χ0v) is 12.1. The maximum Gasteiger partial charge on any atom is 0.229 e. The molecule has 4 nitrogen and oxygen atoms in total. The summed E-state index contributed by atoms with van der Waals surface area (Å²) >= 11 is 0. The highest BCUT2D eigenvalue weighted by Gasteiger charge is 2.50. The summed E-state index contributed by atoms with van der Waals surface area (Å²) < 4.78 is 0. The number of nitrogens with zero attached hydrogens (tertiary/aromatic N) is 1. The van der Waals surface area contributed by atoms with Crippen molar-refractivity contribution in [3.05, 3.63) is 11.8 Å². The molecule has 1 amide bonds. The second kappa shape index (κ2) is 4.61. The molecule has 4 saturated carbocycles. The zero-order valence-electron chi connectivity index (χ0n) is 12.1. The molecular weight excluding hydrogens is 250 g/mol. The van der Waals surface area contributed by atoms with Gasteiger partial charge in [0.1, 0.15) is 0 Å². The van der Waals surface area contributed by atoms with Gasteiger partial charge in [-0.3, -0.25) is 9.89 Å². The van der Waals surface area contributed by atoms with Crippen molar-refractivity contribution in [3.63, 3.8) is 0 Å². The standard InChI is InChI=1S/C16H23N3O/c1-2-13-8-14(19-18-13)17-16(20)15-11-4-9-3-10(6-11)7-12(15)5-9/h8-12,15H,2-7H2,1H3,(H2,17,18,19,20). The fourth-order valence-electron chi connectivity index (χ4n) is 5.17. The van der Waals surface area contributed by atoms with Crippen molar-refractivity contribution in [3.8, 4) is 0 Å². The van der Waals surface area contributed by atoms with Crippen LogP contribution in [0.2, 0.25) is 0 Å². The van der Waals surface area contributed by atoms with Crippen molar-refractivity contribution in [1.82, 2.24) is 10.2 Å². The van der Waals surface area contributed by atoms with Crippen molar-refractivity contribution >= 4 is 11.7 Å². The van der Waals surface area contributed by atoms with Crippen molar-refractivity contribution in [2.24, 2.45) is 29.6 Å². The number of hydrogen-bond donors (Lipinski definition) is 2. The summed E-state index contributed by atoms with van der Waals surface area (Å²) in [6.45, 7) is 2.08. The SMILES string of the molecule is CCc1cc(NC(=O)C2C3CC4CC(C3)CC2C4)n[nH]1. The van der Waals surface area contributed by atoms with Crippen LogP contribution in [0.3, 0.4) is 0 Å². The monoisotopic (exact) mass is 273 g/mol. The van der Waals surface area contributed by atoms with E-state index in [2.05, 4.69) is 22.4 Å². The van der Waals surface area contributed by atoms with Crippen LogP contribution in [0.15, 0.2) is 6.07 Å². The van der Waals surface area contributed by atoms with Gasteiger partial charge in [-0.1, -0.05) is 6.92 Å². The quantitative estimate of drug-likeness (QED) is 0.889. The molecule has 0 atom stereocenters. The van der Waals surface area contributed by atoms with E-state index < -0.39 is 0 Å². The summed E-state index contributed by atoms with van der Waals surface area (Å²) in [6, 6.07) is 1.95. The summed E-state index contributed by atoms with van der Waals surface area (Å²) in [5.41, 5.74) is 1.07. The number of nitrogens with one attached hydrogen (secondary N) is 2. The summed E-state index contributed by atoms with van der Waals surface area (Å²) in [5.74, 6) is 4.25. The van der Waals surface area contributed by atoms with Gasteiger partial charge in [0.15, 0.2) is 5.82 Å². The van der Waals surface area contributed by atoms with Gasteiger partial charge in [-0.15, -0.1) is 0 Å². The van der Waals surface area contributed by atoms with Crippen LogP contribution in [-0.4, -0.2) is 16.1 Å². The third-order valence-corrected chi connectivity index (χ3v) is 5.79. The van der Waals surface area contributed by atoms with Gasteiger partial charge in [0.2, 0.25) is 5.91 Å². The third-order valence-electron chi connectivity index (χ3n) is 5.79. The Morgan fingerprint density at radius 2 is 1.90 bits per heavy atom. The molecule has 108 valence electrons. The van der Waals surface area contributed by atoms with E-state index in [-0.39, 0.29) is 11.8 Å². The minimum absolute atomic E-state index is 0.216. The molecule has 0 saturated heterocycles. The predicted octanol–water partition coefficient (Wildman–Crippen LogP) is 2.98. The Hall–Kier alpha value is -1.32. The van der Waals surface area contributed by atoms with Crippen molar-refractivity contribution < 1.29 is 4.79 Å². The summed E-state index contributed by atoms with van der Waals surface area (Å²) in [4.78, 5) is 12.6. The average Bonchev–Trinajstić information content (AvgIpc) is 2.85. The molecule has 0 aliphatic heterocycles. The Bertz CT molecular complexity index is 494. The van der Waals surface area contributed by atoms with Crippen molar-refractivity contribution in [1.29, 1.82) is 0 Å². The fraction of sp³-hybridized carbons (Fsp3) is 0.750. The smallest absolute Gasteiger partial charge is 0.229 e. The lowest BCUT2D eigenvalue weighted by Gasteiger charge is -2.53. The number of hydrogen-bond acceptors (Lipinski definition) is 2. The summed E-state index contributed by atoms with van der Waals surface area (Å²) in [5, 5.41) is 10.2. The van der Waals surface area contributed by atoms with E-state index in [1.54, 1.807) is 0 Å². The molecule has 4 heteroatoms. The number of aromatic nitrogens is 2. The molecule has 1 heterocycles. The van der Waals surface area contributed by atoms with E-state index in [1.807, 2.05) is 6.07 Å². The normalized spacial score (nSPS) is 38.1. The van der Waals surface area contributed by atoms with E-state index >= 15 is 0 Å². The van der Waals surface area contributed by atoms with E-state index in [4.69, 9.17) is 0 Å². The predicted molar refractivity (Wildman–Crippen MR) is 77.1 cm³/mol. The number of aryl methyl sites for hydroxylation is 1. The number of H-pyrrole nitrogens is 1. The molecule has 0 aromatic carbocycles. The van der Waals surface area contributed by atoms with Gasteiger partial charge in [-0.25, -0.2) is 0 Å². The van der Waals surface area contributed by atoms with Gasteiger partial charge >= 0.3 is 0 Å². The van der Waals surface area contributed by atoms with E-state index in [0.717, 1.165) is 24.0 Å². The highest BCUT2D eigenvalue weighted by molar-refractivity contribution is 5.92. The number of carbonyl (C=O) groups is 1. The van der Waals surface area contributed by atoms with Gasteiger partial charge in [0, 0.05) is 17.7 Å². The molecule has 0 spiro atoms.